The number of oxazole rings is 1. The summed E-state index contributed by atoms with van der Waals surface area (Å²) >= 11 is 0. The summed E-state index contributed by atoms with van der Waals surface area (Å²) in [5.74, 6) is 0. The summed E-state index contributed by atoms with van der Waals surface area (Å²) in [4.78, 5) is 16.0. The van der Waals surface area contributed by atoms with Gasteiger partial charge in [0.2, 0.25) is 0 Å². The van der Waals surface area contributed by atoms with Crippen LogP contribution >= 0.6 is 0 Å². The molecule has 0 radical (unpaired) electrons. The third kappa shape index (κ3) is 0.868. The Labute approximate surface area is 68.2 Å². The number of hydrogen-bond donors (Lipinski definition) is 0. The van der Waals surface area contributed by atoms with Crippen molar-refractivity contribution >= 4 is 12.1 Å². The van der Waals surface area contributed by atoms with Gasteiger partial charge in [0.05, 0.1) is 11.9 Å². The Morgan fingerprint density at radius 2 is 2.50 bits per heavy atom. The Kier molecular flexibility index (Phi) is 1.36. The molecule has 12 heavy (non-hydrogen) atoms. The predicted molar refractivity (Wildman–Crippen MR) is 39.5 cm³/mol. The van der Waals surface area contributed by atoms with Crippen LogP contribution in [0.25, 0.3) is 0 Å². The predicted octanol–water partition coefficient (Wildman–Crippen LogP) is 1.14. The van der Waals surface area contributed by atoms with Gasteiger partial charge >= 0.3 is 12.1 Å². The molecule has 1 aliphatic rings. The smallest absolute Gasteiger partial charge is 0.422 e. The summed E-state index contributed by atoms with van der Waals surface area (Å²) < 4.78 is 9.60. The average molecular weight is 166 g/mol. The zero-order valence-corrected chi connectivity index (χ0v) is 6.19. The third-order valence-corrected chi connectivity index (χ3v) is 1.47. The fourth-order valence-electron chi connectivity index (χ4n) is 0.943. The molecule has 5 nitrogen and oxygen atoms in total. The average Bonchev–Trinajstić information content (AvgIpc) is 2.61. The van der Waals surface area contributed by atoms with Gasteiger partial charge in [-0.2, -0.15) is 4.90 Å². The monoisotopic (exact) mass is 166 g/mol. The Morgan fingerprint density at radius 3 is 3.00 bits per heavy atom. The quantitative estimate of drug-likeness (QED) is 0.627. The summed E-state index contributed by atoms with van der Waals surface area (Å²) in [6, 6.07) is 0.197. The fourth-order valence-corrected chi connectivity index (χ4v) is 0.943. The summed E-state index contributed by atoms with van der Waals surface area (Å²) in [6.45, 7) is 3.82. The molecule has 2 heterocycles. The van der Waals surface area contributed by atoms with Crippen LogP contribution in [-0.2, 0) is 4.74 Å². The Hall–Kier alpha value is -1.78. The molecule has 1 aromatic heterocycles. The van der Waals surface area contributed by atoms with Gasteiger partial charge in [0.25, 0.3) is 0 Å². The zero-order valence-electron chi connectivity index (χ0n) is 6.19. The van der Waals surface area contributed by atoms with Gasteiger partial charge in [-0.05, 0) is 0 Å². The molecule has 0 bridgehead atoms. The molecule has 1 aromatic rings. The number of hydrogen-bond acceptors (Lipinski definition) is 4. The van der Waals surface area contributed by atoms with Gasteiger partial charge in [-0.1, -0.05) is 6.58 Å². The van der Waals surface area contributed by atoms with E-state index in [2.05, 4.69) is 16.3 Å². The van der Waals surface area contributed by atoms with Gasteiger partial charge in [-0.25, -0.2) is 9.78 Å². The summed E-state index contributed by atoms with van der Waals surface area (Å²) in [5.41, 5.74) is 0.530. The molecule has 0 atom stereocenters. The second-order valence-corrected chi connectivity index (χ2v) is 2.27. The van der Waals surface area contributed by atoms with Crippen molar-refractivity contribution in [2.75, 3.05) is 11.5 Å². The number of aromatic nitrogens is 1. The molecule has 2 rings (SSSR count). The first-order valence-electron chi connectivity index (χ1n) is 3.33. The Morgan fingerprint density at radius 1 is 1.67 bits per heavy atom. The van der Waals surface area contributed by atoms with E-state index in [-0.39, 0.29) is 12.6 Å². The molecule has 0 unspecified atom stereocenters. The number of amides is 1. The standard InChI is InChI=1S/C7H6N2O3/c1-5-4-12-7(10)9(5)6-8-2-3-11-6/h2-3H,1,4H2. The minimum Gasteiger partial charge on any atom is -0.442 e. The first-order chi connectivity index (χ1) is 5.79. The number of anilines is 1. The van der Waals surface area contributed by atoms with Crippen LogP contribution < -0.4 is 4.90 Å². The lowest BCUT2D eigenvalue weighted by atomic mass is 10.5. The van der Waals surface area contributed by atoms with E-state index in [9.17, 15) is 4.79 Å². The van der Waals surface area contributed by atoms with Crippen LogP contribution in [0.15, 0.2) is 29.2 Å². The molecule has 0 aromatic carbocycles. The van der Waals surface area contributed by atoms with Gasteiger partial charge in [0, 0.05) is 0 Å². The van der Waals surface area contributed by atoms with Crippen molar-refractivity contribution in [3.8, 4) is 0 Å². The molecule has 0 spiro atoms. The lowest BCUT2D eigenvalue weighted by Gasteiger charge is -2.06. The summed E-state index contributed by atoms with van der Waals surface area (Å²) in [6.07, 6.45) is 2.34. The van der Waals surface area contributed by atoms with Crippen molar-refractivity contribution in [3.63, 3.8) is 0 Å². The zero-order chi connectivity index (χ0) is 8.55. The first kappa shape index (κ1) is 6.90. The van der Waals surface area contributed by atoms with Crippen molar-refractivity contribution in [1.82, 2.24) is 4.98 Å². The molecule has 1 amide bonds. The van der Waals surface area contributed by atoms with Crippen LogP contribution in [0, 0.1) is 0 Å². The van der Waals surface area contributed by atoms with E-state index in [1.165, 1.54) is 17.4 Å². The normalized spacial score (nSPS) is 16.8. The van der Waals surface area contributed by atoms with Crippen molar-refractivity contribution in [1.29, 1.82) is 0 Å². The first-order valence-corrected chi connectivity index (χ1v) is 3.33. The Balaban J connectivity index is 2.34. The SMILES string of the molecule is C=C1COC(=O)N1c1ncco1. The van der Waals surface area contributed by atoms with Gasteiger partial charge in [-0.15, -0.1) is 0 Å². The van der Waals surface area contributed by atoms with Crippen LogP contribution in [0.1, 0.15) is 0 Å². The van der Waals surface area contributed by atoms with Crippen LogP contribution in [0.2, 0.25) is 0 Å². The van der Waals surface area contributed by atoms with Crippen LogP contribution in [-0.4, -0.2) is 17.7 Å². The highest BCUT2D eigenvalue weighted by molar-refractivity contribution is 5.90. The maximum absolute atomic E-state index is 11.0. The van der Waals surface area contributed by atoms with E-state index in [1.807, 2.05) is 0 Å². The van der Waals surface area contributed by atoms with Gasteiger partial charge in [-0.3, -0.25) is 0 Å². The number of nitrogens with zero attached hydrogens (tertiary/aromatic N) is 2. The largest absolute Gasteiger partial charge is 0.442 e. The molecule has 1 aliphatic heterocycles. The van der Waals surface area contributed by atoms with Gasteiger partial charge < -0.3 is 9.15 Å². The second-order valence-electron chi connectivity index (χ2n) is 2.27. The minimum absolute atomic E-state index is 0.196. The maximum atomic E-state index is 11.0. The van der Waals surface area contributed by atoms with Crippen LogP contribution in [0.5, 0.6) is 0 Å². The van der Waals surface area contributed by atoms with E-state index >= 15 is 0 Å². The highest BCUT2D eigenvalue weighted by Crippen LogP contribution is 2.21. The highest BCUT2D eigenvalue weighted by Gasteiger charge is 2.30. The molecular formula is C7H6N2O3. The Bertz CT molecular complexity index is 301. The lowest BCUT2D eigenvalue weighted by molar-refractivity contribution is 0.181. The molecule has 62 valence electrons. The molecular weight excluding hydrogens is 160 g/mol. The minimum atomic E-state index is -0.498. The summed E-state index contributed by atoms with van der Waals surface area (Å²) in [5, 5.41) is 0. The molecule has 1 fully saturated rings. The van der Waals surface area contributed by atoms with Crippen LogP contribution in [0.4, 0.5) is 10.8 Å². The molecule has 5 heteroatoms. The van der Waals surface area contributed by atoms with E-state index in [0.29, 0.717) is 5.70 Å². The number of cyclic esters (lactones) is 1. The molecule has 0 aliphatic carbocycles. The molecule has 1 saturated heterocycles. The van der Waals surface area contributed by atoms with Crippen LogP contribution in [0.3, 0.4) is 0 Å². The maximum Gasteiger partial charge on any atom is 0.422 e. The van der Waals surface area contributed by atoms with Gasteiger partial charge in [0.1, 0.15) is 12.9 Å². The fraction of sp³-hybridized carbons (Fsp3) is 0.143. The van der Waals surface area contributed by atoms with E-state index in [4.69, 9.17) is 4.42 Å². The number of ether oxygens (including phenoxy) is 1. The second kappa shape index (κ2) is 2.37. The van der Waals surface area contributed by atoms with E-state index in [1.54, 1.807) is 0 Å². The number of carbonyl (C=O) groups excluding carboxylic acids is 1. The van der Waals surface area contributed by atoms with Crippen molar-refractivity contribution in [3.05, 3.63) is 24.7 Å². The van der Waals surface area contributed by atoms with Crippen molar-refractivity contribution in [2.24, 2.45) is 0 Å². The van der Waals surface area contributed by atoms with Crippen molar-refractivity contribution < 1.29 is 13.9 Å². The lowest BCUT2D eigenvalue weighted by Crippen LogP contribution is -2.21. The summed E-state index contributed by atoms with van der Waals surface area (Å²) in [7, 11) is 0. The molecule has 0 saturated carbocycles. The number of rotatable bonds is 1. The van der Waals surface area contributed by atoms with E-state index < -0.39 is 6.09 Å². The topological polar surface area (TPSA) is 55.6 Å². The third-order valence-electron chi connectivity index (χ3n) is 1.47. The van der Waals surface area contributed by atoms with Gasteiger partial charge in [0.15, 0.2) is 0 Å². The molecule has 0 N–H and O–H groups in total. The van der Waals surface area contributed by atoms with Crippen molar-refractivity contribution in [2.45, 2.75) is 0 Å². The number of carbonyl (C=O) groups is 1. The highest BCUT2D eigenvalue weighted by atomic mass is 16.6. The van der Waals surface area contributed by atoms with E-state index in [0.717, 1.165) is 0 Å².